The van der Waals surface area contributed by atoms with E-state index in [1.807, 2.05) is 24.0 Å². The number of amides is 1. The molecular formula is C19H22FN5O3. The predicted octanol–water partition coefficient (Wildman–Crippen LogP) is 2.19. The maximum absolute atomic E-state index is 13.4. The van der Waals surface area contributed by atoms with E-state index in [-0.39, 0.29) is 18.1 Å². The Morgan fingerprint density at radius 3 is 2.64 bits per heavy atom. The molecule has 0 aliphatic carbocycles. The summed E-state index contributed by atoms with van der Waals surface area (Å²) in [5, 5.41) is 13.4. The Labute approximate surface area is 162 Å². The lowest BCUT2D eigenvalue weighted by Gasteiger charge is -2.34. The van der Waals surface area contributed by atoms with E-state index < -0.39 is 16.4 Å². The Kier molecular flexibility index (Phi) is 6.27. The van der Waals surface area contributed by atoms with Crippen LogP contribution in [0.4, 0.5) is 15.8 Å². The maximum Gasteiger partial charge on any atom is 0.306 e. The van der Waals surface area contributed by atoms with E-state index in [1.165, 1.54) is 6.07 Å². The van der Waals surface area contributed by atoms with Crippen molar-refractivity contribution in [3.8, 4) is 0 Å². The summed E-state index contributed by atoms with van der Waals surface area (Å²) in [6, 6.07) is 7.29. The average molecular weight is 387 g/mol. The number of rotatable bonds is 6. The minimum absolute atomic E-state index is 0.182. The molecule has 0 spiro atoms. The van der Waals surface area contributed by atoms with Crippen molar-refractivity contribution in [2.75, 3.05) is 38.0 Å². The molecule has 0 radical (unpaired) electrons. The Morgan fingerprint density at radius 2 is 1.96 bits per heavy atom. The molecule has 0 atom stereocenters. The van der Waals surface area contributed by atoms with Gasteiger partial charge in [-0.15, -0.1) is 0 Å². The molecule has 1 amide bonds. The van der Waals surface area contributed by atoms with Crippen LogP contribution < -0.4 is 5.32 Å². The first-order valence-electron chi connectivity index (χ1n) is 9.01. The van der Waals surface area contributed by atoms with Crippen molar-refractivity contribution in [2.24, 2.45) is 0 Å². The molecular weight excluding hydrogens is 365 g/mol. The summed E-state index contributed by atoms with van der Waals surface area (Å²) >= 11 is 0. The highest BCUT2D eigenvalue weighted by Gasteiger charge is 2.21. The second-order valence-corrected chi connectivity index (χ2v) is 6.79. The van der Waals surface area contributed by atoms with Crippen molar-refractivity contribution in [3.63, 3.8) is 0 Å². The van der Waals surface area contributed by atoms with Gasteiger partial charge in [-0.25, -0.2) is 0 Å². The molecule has 1 N–H and O–H groups in total. The SMILES string of the molecule is Cc1cccnc1CN1CCN(CC(=O)Nc2ccc(F)c([N+](=O)[O-])c2)CC1. The van der Waals surface area contributed by atoms with Gasteiger partial charge in [-0.3, -0.25) is 29.7 Å². The molecule has 3 rings (SSSR count). The molecule has 2 aromatic rings. The van der Waals surface area contributed by atoms with Crippen molar-refractivity contribution >= 4 is 17.3 Å². The van der Waals surface area contributed by atoms with Gasteiger partial charge < -0.3 is 5.32 Å². The van der Waals surface area contributed by atoms with Crippen LogP contribution in [0.3, 0.4) is 0 Å². The van der Waals surface area contributed by atoms with Gasteiger partial charge in [0.2, 0.25) is 11.7 Å². The summed E-state index contributed by atoms with van der Waals surface area (Å²) in [7, 11) is 0. The third kappa shape index (κ3) is 5.08. The van der Waals surface area contributed by atoms with E-state index in [4.69, 9.17) is 0 Å². The number of nitrogens with zero attached hydrogens (tertiary/aromatic N) is 4. The first-order chi connectivity index (χ1) is 13.4. The molecule has 1 aliphatic heterocycles. The van der Waals surface area contributed by atoms with Crippen molar-refractivity contribution < 1.29 is 14.1 Å². The number of pyridine rings is 1. The Hall–Kier alpha value is -2.91. The summed E-state index contributed by atoms with van der Waals surface area (Å²) < 4.78 is 13.4. The Balaban J connectivity index is 1.48. The zero-order valence-corrected chi connectivity index (χ0v) is 15.6. The van der Waals surface area contributed by atoms with E-state index in [2.05, 4.69) is 15.2 Å². The van der Waals surface area contributed by atoms with Crippen LogP contribution in [0.2, 0.25) is 0 Å². The average Bonchev–Trinajstić information content (AvgIpc) is 2.66. The highest BCUT2D eigenvalue weighted by atomic mass is 19.1. The summed E-state index contributed by atoms with van der Waals surface area (Å²) in [6.45, 7) is 6.14. The minimum atomic E-state index is -0.928. The van der Waals surface area contributed by atoms with Gasteiger partial charge in [0.15, 0.2) is 0 Å². The highest BCUT2D eigenvalue weighted by Crippen LogP contribution is 2.21. The largest absolute Gasteiger partial charge is 0.325 e. The number of hydrogen-bond acceptors (Lipinski definition) is 6. The number of aryl methyl sites for hydroxylation is 1. The van der Waals surface area contributed by atoms with Gasteiger partial charge >= 0.3 is 5.69 Å². The number of halogens is 1. The zero-order chi connectivity index (χ0) is 20.1. The number of carbonyl (C=O) groups excluding carboxylic acids is 1. The van der Waals surface area contributed by atoms with Crippen LogP contribution in [0, 0.1) is 22.9 Å². The molecule has 2 heterocycles. The van der Waals surface area contributed by atoms with Gasteiger partial charge in [-0.1, -0.05) is 6.07 Å². The number of nitro groups is 1. The molecule has 28 heavy (non-hydrogen) atoms. The zero-order valence-electron chi connectivity index (χ0n) is 15.6. The Morgan fingerprint density at radius 1 is 1.25 bits per heavy atom. The van der Waals surface area contributed by atoms with Crippen molar-refractivity contribution in [1.29, 1.82) is 0 Å². The minimum Gasteiger partial charge on any atom is -0.325 e. The summed E-state index contributed by atoms with van der Waals surface area (Å²) in [6.07, 6.45) is 1.79. The monoisotopic (exact) mass is 387 g/mol. The molecule has 8 nitrogen and oxygen atoms in total. The summed E-state index contributed by atoms with van der Waals surface area (Å²) in [5.41, 5.74) is 1.78. The topological polar surface area (TPSA) is 91.6 Å². The normalized spacial score (nSPS) is 15.4. The summed E-state index contributed by atoms with van der Waals surface area (Å²) in [5.74, 6) is -1.21. The van der Waals surface area contributed by atoms with E-state index >= 15 is 0 Å². The molecule has 0 saturated carbocycles. The second kappa shape index (κ2) is 8.85. The van der Waals surface area contributed by atoms with Gasteiger partial charge in [0, 0.05) is 50.7 Å². The van der Waals surface area contributed by atoms with Crippen LogP contribution in [0.1, 0.15) is 11.3 Å². The first kappa shape index (κ1) is 19.8. The molecule has 1 aromatic carbocycles. The van der Waals surface area contributed by atoms with E-state index in [0.717, 1.165) is 56.1 Å². The standard InChI is InChI=1S/C19H22FN5O3/c1-14-3-2-6-21-17(14)12-23-7-9-24(10-8-23)13-19(26)22-15-4-5-16(20)18(11-15)25(27)28/h2-6,11H,7-10,12-13H2,1H3,(H,22,26). The molecule has 1 fully saturated rings. The van der Waals surface area contributed by atoms with Gasteiger partial charge in [0.25, 0.3) is 0 Å². The third-order valence-corrected chi connectivity index (χ3v) is 4.75. The highest BCUT2D eigenvalue weighted by molar-refractivity contribution is 5.92. The number of carbonyl (C=O) groups is 1. The molecule has 0 bridgehead atoms. The number of nitrogens with one attached hydrogen (secondary N) is 1. The van der Waals surface area contributed by atoms with Gasteiger partial charge in [-0.05, 0) is 30.7 Å². The van der Waals surface area contributed by atoms with Crippen LogP contribution in [-0.2, 0) is 11.3 Å². The van der Waals surface area contributed by atoms with E-state index in [9.17, 15) is 19.3 Å². The molecule has 1 aliphatic rings. The molecule has 1 saturated heterocycles. The number of benzene rings is 1. The number of hydrogen-bond donors (Lipinski definition) is 1. The maximum atomic E-state index is 13.4. The fourth-order valence-electron chi connectivity index (χ4n) is 3.14. The fourth-order valence-corrected chi connectivity index (χ4v) is 3.14. The first-order valence-corrected chi connectivity index (χ1v) is 9.01. The van der Waals surface area contributed by atoms with Crippen LogP contribution >= 0.6 is 0 Å². The number of aromatic nitrogens is 1. The molecule has 0 unspecified atom stereocenters. The van der Waals surface area contributed by atoms with E-state index in [1.54, 1.807) is 6.20 Å². The van der Waals surface area contributed by atoms with Gasteiger partial charge in [0.05, 0.1) is 17.2 Å². The molecule has 148 valence electrons. The quantitative estimate of drug-likeness (QED) is 0.604. The van der Waals surface area contributed by atoms with E-state index in [0.29, 0.717) is 0 Å². The van der Waals surface area contributed by atoms with Crippen LogP contribution in [0.15, 0.2) is 36.5 Å². The number of nitro benzene ring substituents is 1. The number of anilines is 1. The van der Waals surface area contributed by atoms with Crippen molar-refractivity contribution in [1.82, 2.24) is 14.8 Å². The van der Waals surface area contributed by atoms with Crippen LogP contribution in [-0.4, -0.2) is 58.3 Å². The smallest absolute Gasteiger partial charge is 0.306 e. The molecule has 9 heteroatoms. The lowest BCUT2D eigenvalue weighted by atomic mass is 10.2. The fraction of sp³-hybridized carbons (Fsp3) is 0.368. The lowest BCUT2D eigenvalue weighted by Crippen LogP contribution is -2.48. The second-order valence-electron chi connectivity index (χ2n) is 6.79. The third-order valence-electron chi connectivity index (χ3n) is 4.75. The van der Waals surface area contributed by atoms with Gasteiger partial charge in [-0.2, -0.15) is 4.39 Å². The lowest BCUT2D eigenvalue weighted by molar-refractivity contribution is -0.387. The predicted molar refractivity (Wildman–Crippen MR) is 102 cm³/mol. The van der Waals surface area contributed by atoms with Crippen molar-refractivity contribution in [3.05, 3.63) is 63.7 Å². The molecule has 1 aromatic heterocycles. The Bertz CT molecular complexity index is 868. The van der Waals surface area contributed by atoms with Crippen molar-refractivity contribution in [2.45, 2.75) is 13.5 Å². The number of piperazine rings is 1. The van der Waals surface area contributed by atoms with Crippen LogP contribution in [0.5, 0.6) is 0 Å². The summed E-state index contributed by atoms with van der Waals surface area (Å²) in [4.78, 5) is 30.9. The van der Waals surface area contributed by atoms with Gasteiger partial charge in [0.1, 0.15) is 0 Å². The van der Waals surface area contributed by atoms with Crippen LogP contribution in [0.25, 0.3) is 0 Å².